The third-order valence-electron chi connectivity index (χ3n) is 4.60. The van der Waals surface area contributed by atoms with E-state index in [0.717, 1.165) is 11.3 Å². The van der Waals surface area contributed by atoms with Crippen molar-refractivity contribution in [1.82, 2.24) is 0 Å². The zero-order valence-electron chi connectivity index (χ0n) is 14.1. The highest BCUT2D eigenvalue weighted by atomic mass is 32.2. The van der Waals surface area contributed by atoms with Crippen LogP contribution in [0.15, 0.2) is 95.9 Å². The summed E-state index contributed by atoms with van der Waals surface area (Å²) in [7, 11) is -3.54. The van der Waals surface area contributed by atoms with Crippen LogP contribution in [0.5, 0.6) is 0 Å². The molecule has 2 atom stereocenters. The molecule has 0 unspecified atom stereocenters. The van der Waals surface area contributed by atoms with E-state index in [0.29, 0.717) is 4.90 Å². The van der Waals surface area contributed by atoms with Crippen LogP contribution in [-0.2, 0) is 14.7 Å². The average molecular weight is 365 g/mol. The van der Waals surface area contributed by atoms with Crippen molar-refractivity contribution in [3.8, 4) is 0 Å². The molecule has 0 amide bonds. The second kappa shape index (κ2) is 6.94. The number of benzene rings is 3. The largest absolute Gasteiger partial charge is 0.271 e. The van der Waals surface area contributed by atoms with Crippen molar-refractivity contribution in [3.05, 3.63) is 96.6 Å². The van der Waals surface area contributed by atoms with Gasteiger partial charge in [-0.15, -0.1) is 0 Å². The van der Waals surface area contributed by atoms with E-state index < -0.39 is 21.1 Å². The molecule has 3 aromatic carbocycles. The van der Waals surface area contributed by atoms with Gasteiger partial charge in [-0.2, -0.15) is 0 Å². The monoisotopic (exact) mass is 365 g/mol. The van der Waals surface area contributed by atoms with Gasteiger partial charge in [-0.25, -0.2) is 13.5 Å². The summed E-state index contributed by atoms with van der Waals surface area (Å²) in [5.74, 6) is 0. The zero-order chi connectivity index (χ0) is 18.0. The molecule has 5 heteroatoms. The van der Waals surface area contributed by atoms with Crippen molar-refractivity contribution in [2.24, 2.45) is 0 Å². The van der Waals surface area contributed by atoms with E-state index in [-0.39, 0.29) is 6.61 Å². The van der Waals surface area contributed by atoms with Crippen LogP contribution in [0.25, 0.3) is 0 Å². The summed E-state index contributed by atoms with van der Waals surface area (Å²) in [4.78, 5) is 6.20. The van der Waals surface area contributed by atoms with Gasteiger partial charge in [-0.1, -0.05) is 66.7 Å². The second-order valence-electron chi connectivity index (χ2n) is 6.21. The molecule has 3 aromatic rings. The van der Waals surface area contributed by atoms with E-state index in [2.05, 4.69) is 0 Å². The molecule has 26 heavy (non-hydrogen) atoms. The lowest BCUT2D eigenvalue weighted by Crippen LogP contribution is -2.32. The van der Waals surface area contributed by atoms with E-state index in [4.69, 9.17) is 4.84 Å². The van der Waals surface area contributed by atoms with E-state index in [1.807, 2.05) is 66.7 Å². The topological polar surface area (TPSA) is 46.6 Å². The Bertz CT molecular complexity index is 960. The minimum Gasteiger partial charge on any atom is -0.271 e. The minimum atomic E-state index is -3.54. The highest BCUT2D eigenvalue weighted by molar-refractivity contribution is 7.92. The van der Waals surface area contributed by atoms with Crippen LogP contribution in [0.4, 0.5) is 5.69 Å². The first-order valence-corrected chi connectivity index (χ1v) is 10.0. The van der Waals surface area contributed by atoms with Crippen LogP contribution in [0.3, 0.4) is 0 Å². The van der Waals surface area contributed by atoms with Gasteiger partial charge < -0.3 is 0 Å². The van der Waals surface area contributed by atoms with Crippen LogP contribution in [0.2, 0.25) is 0 Å². The summed E-state index contributed by atoms with van der Waals surface area (Å²) in [5, 5.41) is 1.04. The maximum atomic E-state index is 13.3. The maximum absolute atomic E-state index is 13.3. The molecule has 4 rings (SSSR count). The van der Waals surface area contributed by atoms with E-state index in [1.165, 1.54) is 0 Å². The molecule has 4 nitrogen and oxygen atoms in total. The summed E-state index contributed by atoms with van der Waals surface area (Å²) in [5.41, 5.74) is 1.76. The summed E-state index contributed by atoms with van der Waals surface area (Å²) < 4.78 is 26.6. The number of para-hydroxylation sites is 1. The van der Waals surface area contributed by atoms with Gasteiger partial charge in [-0.05, 0) is 29.8 Å². The first kappa shape index (κ1) is 16.8. The first-order valence-electron chi connectivity index (χ1n) is 8.49. The van der Waals surface area contributed by atoms with Crippen LogP contribution in [-0.4, -0.2) is 20.3 Å². The molecule has 0 spiro atoms. The Morgan fingerprint density at radius 1 is 0.769 bits per heavy atom. The van der Waals surface area contributed by atoms with Crippen LogP contribution < -0.4 is 5.06 Å². The minimum absolute atomic E-state index is 0.117. The highest BCUT2D eigenvalue weighted by Gasteiger charge is 2.45. The number of hydrogen-bond acceptors (Lipinski definition) is 4. The Balaban J connectivity index is 1.80. The van der Waals surface area contributed by atoms with Crippen molar-refractivity contribution < 1.29 is 13.3 Å². The van der Waals surface area contributed by atoms with Crippen LogP contribution in [0, 0.1) is 0 Å². The van der Waals surface area contributed by atoms with Gasteiger partial charge >= 0.3 is 0 Å². The summed E-state index contributed by atoms with van der Waals surface area (Å²) >= 11 is 0. The Kier molecular flexibility index (Phi) is 4.49. The van der Waals surface area contributed by atoms with Crippen molar-refractivity contribution in [2.45, 2.75) is 16.2 Å². The lowest BCUT2D eigenvalue weighted by molar-refractivity contribution is 0.159. The maximum Gasteiger partial charge on any atom is 0.186 e. The molecule has 0 bridgehead atoms. The van der Waals surface area contributed by atoms with Crippen molar-refractivity contribution in [2.75, 3.05) is 11.7 Å². The number of sulfone groups is 1. The molecule has 1 saturated heterocycles. The summed E-state index contributed by atoms with van der Waals surface area (Å²) in [6.07, 6.45) is 0. The second-order valence-corrected chi connectivity index (χ2v) is 8.38. The smallest absolute Gasteiger partial charge is 0.186 e. The van der Waals surface area contributed by atoms with Gasteiger partial charge in [-0.3, -0.25) is 4.84 Å². The number of hydrogen-bond donors (Lipinski definition) is 0. The van der Waals surface area contributed by atoms with Gasteiger partial charge in [0.15, 0.2) is 9.84 Å². The number of nitrogens with zero attached hydrogens (tertiary/aromatic N) is 1. The van der Waals surface area contributed by atoms with Gasteiger partial charge in [0, 0.05) is 0 Å². The fourth-order valence-electron chi connectivity index (χ4n) is 3.33. The Morgan fingerprint density at radius 2 is 1.31 bits per heavy atom. The van der Waals surface area contributed by atoms with E-state index in [9.17, 15) is 8.42 Å². The predicted molar refractivity (Wildman–Crippen MR) is 101 cm³/mol. The van der Waals surface area contributed by atoms with Gasteiger partial charge in [0.2, 0.25) is 0 Å². The number of hydroxylamine groups is 1. The van der Waals surface area contributed by atoms with E-state index >= 15 is 0 Å². The Hall–Kier alpha value is -2.63. The molecule has 0 aromatic heterocycles. The van der Waals surface area contributed by atoms with Crippen LogP contribution in [0.1, 0.15) is 11.6 Å². The highest BCUT2D eigenvalue weighted by Crippen LogP contribution is 2.40. The van der Waals surface area contributed by atoms with Gasteiger partial charge in [0.1, 0.15) is 11.3 Å². The summed E-state index contributed by atoms with van der Waals surface area (Å²) in [6.45, 7) is 0.117. The predicted octanol–water partition coefficient (Wildman–Crippen LogP) is 4.02. The molecule has 1 aliphatic heterocycles. The fourth-order valence-corrected chi connectivity index (χ4v) is 5.06. The third kappa shape index (κ3) is 3.00. The Labute approximate surface area is 153 Å². The lowest BCUT2D eigenvalue weighted by Gasteiger charge is -2.27. The van der Waals surface area contributed by atoms with E-state index in [1.54, 1.807) is 29.3 Å². The SMILES string of the molecule is O=S(=O)(c1ccccc1)[C@@H]1CON(c2ccccc2)[C@H]1c1ccccc1. The molecule has 1 heterocycles. The normalized spacial score (nSPS) is 20.2. The van der Waals surface area contributed by atoms with Crippen molar-refractivity contribution in [3.63, 3.8) is 0 Å². The first-order chi connectivity index (χ1) is 12.7. The third-order valence-corrected chi connectivity index (χ3v) is 6.73. The molecule has 1 aliphatic rings. The zero-order valence-corrected chi connectivity index (χ0v) is 14.9. The molecule has 0 saturated carbocycles. The number of anilines is 1. The summed E-state index contributed by atoms with van der Waals surface area (Å²) in [6, 6.07) is 27.4. The lowest BCUT2D eigenvalue weighted by atomic mass is 10.0. The quantitative estimate of drug-likeness (QED) is 0.701. The molecular weight excluding hydrogens is 346 g/mol. The van der Waals surface area contributed by atoms with Gasteiger partial charge in [0.25, 0.3) is 0 Å². The van der Waals surface area contributed by atoms with Crippen molar-refractivity contribution >= 4 is 15.5 Å². The standard InChI is InChI=1S/C21H19NO3S/c23-26(24,19-14-8-3-9-15-19)20-16-25-22(18-12-6-2-7-13-18)21(20)17-10-4-1-5-11-17/h1-15,20-21H,16H2/t20-,21+/m1/s1. The van der Waals surface area contributed by atoms with Crippen molar-refractivity contribution in [1.29, 1.82) is 0 Å². The molecule has 1 fully saturated rings. The van der Waals surface area contributed by atoms with Gasteiger partial charge in [0.05, 0.1) is 17.2 Å². The molecule has 0 aliphatic carbocycles. The molecule has 0 N–H and O–H groups in total. The fraction of sp³-hybridized carbons (Fsp3) is 0.143. The number of rotatable bonds is 4. The van der Waals surface area contributed by atoms with Crippen LogP contribution >= 0.6 is 0 Å². The molecule has 132 valence electrons. The average Bonchev–Trinajstić information content (AvgIpc) is 3.16. The Morgan fingerprint density at radius 3 is 1.92 bits per heavy atom. The molecule has 0 radical (unpaired) electrons. The molecular formula is C21H19NO3S.